The molecule has 1 aliphatic rings. The molecular formula is C13H27N3O3. The van der Waals surface area contributed by atoms with Gasteiger partial charge < -0.3 is 16.4 Å². The second kappa shape index (κ2) is 11.5. The largest absolute Gasteiger partial charge is 0.368 e. The minimum atomic E-state index is -0.672. The molecule has 0 radical (unpaired) electrons. The van der Waals surface area contributed by atoms with Gasteiger partial charge >= 0.3 is 0 Å². The minimum Gasteiger partial charge on any atom is -0.368 e. The molecule has 6 heteroatoms. The van der Waals surface area contributed by atoms with Crippen molar-refractivity contribution >= 4 is 17.7 Å². The van der Waals surface area contributed by atoms with E-state index in [4.69, 9.17) is 5.73 Å². The molecule has 2 atom stereocenters. The molecule has 3 amide bonds. The second-order valence-corrected chi connectivity index (χ2v) is 3.70. The quantitative estimate of drug-likeness (QED) is 0.702. The first-order valence-corrected chi connectivity index (χ1v) is 6.87. The third kappa shape index (κ3) is 9.04. The SMILES string of the molecule is CC.CC.CC(NC(=O)CC1CCC(=O)N1)C(N)=O. The van der Waals surface area contributed by atoms with Gasteiger partial charge in [-0.05, 0) is 13.3 Å². The van der Waals surface area contributed by atoms with Gasteiger partial charge in [0.15, 0.2) is 0 Å². The van der Waals surface area contributed by atoms with E-state index in [9.17, 15) is 14.4 Å². The molecule has 0 aromatic rings. The van der Waals surface area contributed by atoms with Crippen LogP contribution < -0.4 is 16.4 Å². The highest BCUT2D eigenvalue weighted by Crippen LogP contribution is 2.09. The van der Waals surface area contributed by atoms with Crippen molar-refractivity contribution in [1.82, 2.24) is 10.6 Å². The van der Waals surface area contributed by atoms with E-state index in [0.717, 1.165) is 0 Å². The van der Waals surface area contributed by atoms with Crippen LogP contribution in [0.3, 0.4) is 0 Å². The van der Waals surface area contributed by atoms with Gasteiger partial charge in [0.1, 0.15) is 6.04 Å². The van der Waals surface area contributed by atoms with Crippen molar-refractivity contribution in [2.24, 2.45) is 5.73 Å². The topological polar surface area (TPSA) is 101 Å². The predicted octanol–water partition coefficient (Wildman–Crippen LogP) is 0.698. The average molecular weight is 273 g/mol. The number of rotatable bonds is 4. The summed E-state index contributed by atoms with van der Waals surface area (Å²) in [6, 6.07) is -0.785. The Morgan fingerprint density at radius 3 is 2.26 bits per heavy atom. The van der Waals surface area contributed by atoms with E-state index in [2.05, 4.69) is 10.6 Å². The number of carbonyl (C=O) groups excluding carboxylic acids is 3. The molecule has 19 heavy (non-hydrogen) atoms. The number of hydrogen-bond donors (Lipinski definition) is 3. The first-order chi connectivity index (χ1) is 8.99. The lowest BCUT2D eigenvalue weighted by molar-refractivity contribution is -0.127. The minimum absolute atomic E-state index is 0.0317. The monoisotopic (exact) mass is 273 g/mol. The summed E-state index contributed by atoms with van der Waals surface area (Å²) in [5.41, 5.74) is 4.99. The molecule has 4 N–H and O–H groups in total. The third-order valence-corrected chi connectivity index (χ3v) is 2.32. The molecule has 0 aliphatic carbocycles. The third-order valence-electron chi connectivity index (χ3n) is 2.32. The lowest BCUT2D eigenvalue weighted by atomic mass is 10.1. The van der Waals surface area contributed by atoms with Crippen molar-refractivity contribution < 1.29 is 14.4 Å². The zero-order valence-electron chi connectivity index (χ0n) is 12.6. The van der Waals surface area contributed by atoms with Crippen LogP contribution in [0.25, 0.3) is 0 Å². The van der Waals surface area contributed by atoms with Crippen LogP contribution in [0, 0.1) is 0 Å². The Labute approximate surface area is 115 Å². The number of nitrogens with two attached hydrogens (primary N) is 1. The number of primary amides is 1. The van der Waals surface area contributed by atoms with E-state index < -0.39 is 11.9 Å². The van der Waals surface area contributed by atoms with Gasteiger partial charge in [-0.3, -0.25) is 14.4 Å². The van der Waals surface area contributed by atoms with E-state index in [1.54, 1.807) is 0 Å². The van der Waals surface area contributed by atoms with Crippen LogP contribution in [0.4, 0.5) is 0 Å². The van der Waals surface area contributed by atoms with Crippen molar-refractivity contribution in [3.05, 3.63) is 0 Å². The van der Waals surface area contributed by atoms with E-state index in [-0.39, 0.29) is 24.3 Å². The van der Waals surface area contributed by atoms with Gasteiger partial charge in [-0.1, -0.05) is 27.7 Å². The predicted molar refractivity (Wildman–Crippen MR) is 75.3 cm³/mol. The molecule has 0 saturated carbocycles. The fourth-order valence-electron chi connectivity index (χ4n) is 1.43. The molecule has 6 nitrogen and oxygen atoms in total. The molecule has 1 rings (SSSR count). The van der Waals surface area contributed by atoms with Crippen LogP contribution in [-0.4, -0.2) is 29.8 Å². The molecule has 0 aromatic heterocycles. The summed E-state index contributed by atoms with van der Waals surface area (Å²) in [5.74, 6) is -0.872. The second-order valence-electron chi connectivity index (χ2n) is 3.70. The van der Waals surface area contributed by atoms with Crippen LogP contribution in [0.2, 0.25) is 0 Å². The smallest absolute Gasteiger partial charge is 0.239 e. The molecule has 1 heterocycles. The average Bonchev–Trinajstić information content (AvgIpc) is 2.79. The molecule has 1 aliphatic heterocycles. The molecule has 0 spiro atoms. The van der Waals surface area contributed by atoms with Crippen LogP contribution in [-0.2, 0) is 14.4 Å². The lowest BCUT2D eigenvalue weighted by Crippen LogP contribution is -2.44. The van der Waals surface area contributed by atoms with E-state index >= 15 is 0 Å². The van der Waals surface area contributed by atoms with Crippen LogP contribution in [0.15, 0.2) is 0 Å². The first-order valence-electron chi connectivity index (χ1n) is 6.87. The van der Waals surface area contributed by atoms with Gasteiger partial charge in [0.25, 0.3) is 0 Å². The molecule has 112 valence electrons. The van der Waals surface area contributed by atoms with Crippen LogP contribution in [0.5, 0.6) is 0 Å². The fourth-order valence-corrected chi connectivity index (χ4v) is 1.43. The highest BCUT2D eigenvalue weighted by molar-refractivity contribution is 5.87. The Morgan fingerprint density at radius 1 is 1.37 bits per heavy atom. The van der Waals surface area contributed by atoms with Gasteiger partial charge in [-0.25, -0.2) is 0 Å². The Morgan fingerprint density at radius 2 is 1.89 bits per heavy atom. The lowest BCUT2D eigenvalue weighted by Gasteiger charge is -2.13. The van der Waals surface area contributed by atoms with Gasteiger partial charge in [-0.2, -0.15) is 0 Å². The Hall–Kier alpha value is -1.59. The fraction of sp³-hybridized carbons (Fsp3) is 0.769. The normalized spacial score (nSPS) is 17.9. The van der Waals surface area contributed by atoms with Crippen molar-refractivity contribution in [2.45, 2.75) is 66.0 Å². The van der Waals surface area contributed by atoms with Crippen LogP contribution in [0.1, 0.15) is 53.9 Å². The van der Waals surface area contributed by atoms with Crippen LogP contribution >= 0.6 is 0 Å². The molecule has 0 bridgehead atoms. The molecule has 2 unspecified atom stereocenters. The zero-order chi connectivity index (χ0) is 15.4. The Kier molecular flexibility index (Phi) is 11.9. The van der Waals surface area contributed by atoms with E-state index in [0.29, 0.717) is 12.8 Å². The maximum absolute atomic E-state index is 11.4. The van der Waals surface area contributed by atoms with Crippen molar-refractivity contribution in [3.63, 3.8) is 0 Å². The maximum Gasteiger partial charge on any atom is 0.239 e. The number of carbonyl (C=O) groups is 3. The summed E-state index contributed by atoms with van der Waals surface area (Å²) >= 11 is 0. The number of hydrogen-bond acceptors (Lipinski definition) is 3. The summed E-state index contributed by atoms with van der Waals surface area (Å²) in [7, 11) is 0. The Balaban J connectivity index is 0. The molecular weight excluding hydrogens is 246 g/mol. The van der Waals surface area contributed by atoms with Crippen molar-refractivity contribution in [2.75, 3.05) is 0 Å². The number of amides is 3. The molecule has 1 saturated heterocycles. The van der Waals surface area contributed by atoms with Gasteiger partial charge in [0.05, 0.1) is 0 Å². The summed E-state index contributed by atoms with van der Waals surface area (Å²) in [5, 5.41) is 5.13. The maximum atomic E-state index is 11.4. The van der Waals surface area contributed by atoms with Crippen molar-refractivity contribution in [3.8, 4) is 0 Å². The zero-order valence-corrected chi connectivity index (χ0v) is 12.6. The van der Waals surface area contributed by atoms with E-state index in [1.807, 2.05) is 27.7 Å². The summed E-state index contributed by atoms with van der Waals surface area (Å²) in [6.45, 7) is 9.52. The number of nitrogens with one attached hydrogen (secondary N) is 2. The standard InChI is InChI=1S/C9H15N3O3.2C2H6/c1-5(9(10)15)11-8(14)4-6-2-3-7(13)12-6;2*1-2/h5-6H,2-4H2,1H3,(H2,10,15)(H,11,14)(H,12,13);2*1-2H3. The van der Waals surface area contributed by atoms with E-state index in [1.165, 1.54) is 6.92 Å². The molecule has 1 fully saturated rings. The van der Waals surface area contributed by atoms with Gasteiger partial charge in [0.2, 0.25) is 17.7 Å². The highest BCUT2D eigenvalue weighted by atomic mass is 16.2. The van der Waals surface area contributed by atoms with Gasteiger partial charge in [0, 0.05) is 18.9 Å². The summed E-state index contributed by atoms with van der Waals surface area (Å²) < 4.78 is 0. The first kappa shape index (κ1) is 19.7. The Bertz CT molecular complexity index is 293. The highest BCUT2D eigenvalue weighted by Gasteiger charge is 2.24. The summed E-state index contributed by atoms with van der Waals surface area (Å²) in [6.07, 6.45) is 1.32. The molecule has 0 aromatic carbocycles. The van der Waals surface area contributed by atoms with Gasteiger partial charge in [-0.15, -0.1) is 0 Å². The summed E-state index contributed by atoms with van der Waals surface area (Å²) in [4.78, 5) is 32.9. The van der Waals surface area contributed by atoms with Crippen molar-refractivity contribution in [1.29, 1.82) is 0 Å².